The summed E-state index contributed by atoms with van der Waals surface area (Å²) in [5, 5.41) is 3.16. The molecule has 168 valence electrons. The molecule has 1 N–H and O–H groups in total. The number of anilines is 1. The normalized spacial score (nSPS) is 14.4. The van der Waals surface area contributed by atoms with E-state index in [-0.39, 0.29) is 23.4 Å². The average Bonchev–Trinajstić information content (AvgIpc) is 3.11. The maximum atomic E-state index is 13.2. The van der Waals surface area contributed by atoms with E-state index in [4.69, 9.17) is 26.4 Å². The van der Waals surface area contributed by atoms with Crippen LogP contribution in [0, 0.1) is 5.82 Å². The van der Waals surface area contributed by atoms with E-state index in [0.717, 1.165) is 16.9 Å². The van der Waals surface area contributed by atoms with Crippen molar-refractivity contribution in [1.29, 1.82) is 0 Å². The Morgan fingerprint density at radius 1 is 0.970 bits per heavy atom. The molecule has 3 aromatic rings. The molecule has 1 heterocycles. The van der Waals surface area contributed by atoms with Crippen molar-refractivity contribution in [3.05, 3.63) is 89.4 Å². The van der Waals surface area contributed by atoms with E-state index in [1.807, 2.05) is 42.5 Å². The second-order valence-corrected chi connectivity index (χ2v) is 7.53. The highest BCUT2D eigenvalue weighted by atomic mass is 32.1. The summed E-state index contributed by atoms with van der Waals surface area (Å²) in [4.78, 5) is 14.3. The summed E-state index contributed by atoms with van der Waals surface area (Å²) in [6, 6.07) is 18.4. The van der Waals surface area contributed by atoms with E-state index < -0.39 is 0 Å². The lowest BCUT2D eigenvalue weighted by atomic mass is 10.1. The van der Waals surface area contributed by atoms with Crippen LogP contribution in [-0.4, -0.2) is 25.2 Å². The number of methoxy groups -OCH3 is 2. The predicted molar refractivity (Wildman–Crippen MR) is 128 cm³/mol. The SMILES string of the molecule is COc1ccc(OCc2cc(/C=C3/NC(=S)N(c4ccc(F)cc4)C3=O)ccc2OC)cc1. The van der Waals surface area contributed by atoms with Crippen molar-refractivity contribution in [1.82, 2.24) is 5.32 Å². The van der Waals surface area contributed by atoms with Gasteiger partial charge in [0.05, 0.1) is 19.9 Å². The number of thiocarbonyl (C=S) groups is 1. The molecule has 0 spiro atoms. The number of rotatable bonds is 7. The van der Waals surface area contributed by atoms with Gasteiger partial charge in [0, 0.05) is 5.56 Å². The number of benzene rings is 3. The molecule has 6 nitrogen and oxygen atoms in total. The third-order valence-corrected chi connectivity index (χ3v) is 5.32. The molecule has 0 radical (unpaired) electrons. The van der Waals surface area contributed by atoms with E-state index in [2.05, 4.69) is 5.32 Å². The second kappa shape index (κ2) is 9.70. The van der Waals surface area contributed by atoms with E-state index in [1.165, 1.54) is 29.2 Å². The Hall–Kier alpha value is -3.91. The number of hydrogen-bond acceptors (Lipinski definition) is 5. The van der Waals surface area contributed by atoms with Gasteiger partial charge in [-0.1, -0.05) is 6.07 Å². The van der Waals surface area contributed by atoms with Crippen molar-refractivity contribution in [2.24, 2.45) is 0 Å². The molecular formula is C25H21FN2O4S. The Bertz CT molecular complexity index is 1210. The topological polar surface area (TPSA) is 60.0 Å². The molecule has 0 aromatic heterocycles. The summed E-state index contributed by atoms with van der Waals surface area (Å²) in [5.74, 6) is 1.39. The van der Waals surface area contributed by atoms with Gasteiger partial charge < -0.3 is 19.5 Å². The summed E-state index contributed by atoms with van der Waals surface area (Å²) >= 11 is 5.32. The van der Waals surface area contributed by atoms with Crippen LogP contribution in [0.3, 0.4) is 0 Å². The highest BCUT2D eigenvalue weighted by Gasteiger charge is 2.32. The molecule has 0 bridgehead atoms. The van der Waals surface area contributed by atoms with Crippen LogP contribution >= 0.6 is 12.2 Å². The fraction of sp³-hybridized carbons (Fsp3) is 0.120. The van der Waals surface area contributed by atoms with Crippen LogP contribution in [0.4, 0.5) is 10.1 Å². The number of carbonyl (C=O) groups excluding carboxylic acids is 1. The first-order valence-corrected chi connectivity index (χ1v) is 10.5. The van der Waals surface area contributed by atoms with E-state index in [1.54, 1.807) is 20.3 Å². The van der Waals surface area contributed by atoms with Crippen LogP contribution in [0.2, 0.25) is 0 Å². The van der Waals surface area contributed by atoms with Gasteiger partial charge in [0.25, 0.3) is 5.91 Å². The minimum absolute atomic E-state index is 0.231. The van der Waals surface area contributed by atoms with Gasteiger partial charge in [0.15, 0.2) is 5.11 Å². The van der Waals surface area contributed by atoms with Gasteiger partial charge in [-0.3, -0.25) is 9.69 Å². The summed E-state index contributed by atoms with van der Waals surface area (Å²) in [6.45, 7) is 0.272. The molecule has 1 amide bonds. The first kappa shape index (κ1) is 22.3. The largest absolute Gasteiger partial charge is 0.497 e. The molecule has 1 fully saturated rings. The lowest BCUT2D eigenvalue weighted by Crippen LogP contribution is -2.30. The van der Waals surface area contributed by atoms with Gasteiger partial charge in [-0.25, -0.2) is 4.39 Å². The van der Waals surface area contributed by atoms with Crippen LogP contribution in [-0.2, 0) is 11.4 Å². The fourth-order valence-corrected chi connectivity index (χ4v) is 3.66. The first-order chi connectivity index (χ1) is 16.0. The number of halogens is 1. The fourth-order valence-electron chi connectivity index (χ4n) is 3.36. The Kier molecular flexibility index (Phi) is 6.55. The van der Waals surface area contributed by atoms with Crippen molar-refractivity contribution in [3.63, 3.8) is 0 Å². The van der Waals surface area contributed by atoms with Gasteiger partial charge in [-0.15, -0.1) is 0 Å². The Labute approximate surface area is 196 Å². The molecule has 8 heteroatoms. The highest BCUT2D eigenvalue weighted by molar-refractivity contribution is 7.80. The minimum atomic E-state index is -0.386. The lowest BCUT2D eigenvalue weighted by molar-refractivity contribution is -0.113. The highest BCUT2D eigenvalue weighted by Crippen LogP contribution is 2.26. The maximum Gasteiger partial charge on any atom is 0.281 e. The van der Waals surface area contributed by atoms with Crippen molar-refractivity contribution in [3.8, 4) is 17.2 Å². The average molecular weight is 465 g/mol. The number of ether oxygens (including phenoxy) is 3. The summed E-state index contributed by atoms with van der Waals surface area (Å²) in [6.07, 6.45) is 1.70. The predicted octanol–water partition coefficient (Wildman–Crippen LogP) is 4.68. The number of amides is 1. The van der Waals surface area contributed by atoms with Gasteiger partial charge >= 0.3 is 0 Å². The minimum Gasteiger partial charge on any atom is -0.497 e. The van der Waals surface area contributed by atoms with Gasteiger partial charge in [0.1, 0.15) is 35.4 Å². The van der Waals surface area contributed by atoms with Crippen LogP contribution in [0.1, 0.15) is 11.1 Å². The zero-order chi connectivity index (χ0) is 23.4. The first-order valence-electron chi connectivity index (χ1n) is 10.0. The van der Waals surface area contributed by atoms with Gasteiger partial charge in [0.2, 0.25) is 0 Å². The third-order valence-electron chi connectivity index (χ3n) is 5.03. The molecule has 0 aliphatic carbocycles. The Balaban J connectivity index is 1.54. The molecule has 0 atom stereocenters. The van der Waals surface area contributed by atoms with Crippen LogP contribution < -0.4 is 24.4 Å². The summed E-state index contributed by atoms with van der Waals surface area (Å²) < 4.78 is 29.7. The molecule has 0 saturated carbocycles. The second-order valence-electron chi connectivity index (χ2n) is 7.14. The molecule has 4 rings (SSSR count). The maximum absolute atomic E-state index is 13.2. The Morgan fingerprint density at radius 3 is 2.33 bits per heavy atom. The van der Waals surface area contributed by atoms with Crippen LogP contribution in [0.5, 0.6) is 17.2 Å². The summed E-state index contributed by atoms with van der Waals surface area (Å²) in [7, 11) is 3.20. The van der Waals surface area contributed by atoms with Crippen LogP contribution in [0.15, 0.2) is 72.4 Å². The van der Waals surface area contributed by atoms with Crippen molar-refractivity contribution < 1.29 is 23.4 Å². The lowest BCUT2D eigenvalue weighted by Gasteiger charge is -2.13. The number of carbonyl (C=O) groups is 1. The molecule has 33 heavy (non-hydrogen) atoms. The monoisotopic (exact) mass is 464 g/mol. The smallest absolute Gasteiger partial charge is 0.281 e. The summed E-state index contributed by atoms with van der Waals surface area (Å²) in [5.41, 5.74) is 2.39. The van der Waals surface area contributed by atoms with Crippen LogP contribution in [0.25, 0.3) is 6.08 Å². The number of nitrogens with zero attached hydrogens (tertiary/aromatic N) is 1. The standard InChI is InChI=1S/C25H21FN2O4S/c1-30-20-8-10-21(11-9-20)32-15-17-13-16(3-12-23(17)31-2)14-22-24(29)28(25(33)27-22)19-6-4-18(26)5-7-19/h3-14H,15H2,1-2H3,(H,27,33)/b22-14+. The van der Waals surface area contributed by atoms with Crippen molar-refractivity contribution in [2.45, 2.75) is 6.61 Å². The van der Waals surface area contributed by atoms with Gasteiger partial charge in [-0.2, -0.15) is 0 Å². The quantitative estimate of drug-likeness (QED) is 0.405. The molecule has 3 aromatic carbocycles. The van der Waals surface area contributed by atoms with Crippen molar-refractivity contribution >= 4 is 35.0 Å². The zero-order valence-corrected chi connectivity index (χ0v) is 18.8. The van der Waals surface area contributed by atoms with E-state index >= 15 is 0 Å². The molecule has 1 aliphatic rings. The zero-order valence-electron chi connectivity index (χ0n) is 18.0. The Morgan fingerprint density at radius 2 is 1.67 bits per heavy atom. The molecule has 1 saturated heterocycles. The van der Waals surface area contributed by atoms with E-state index in [9.17, 15) is 9.18 Å². The molecule has 0 unspecified atom stereocenters. The van der Waals surface area contributed by atoms with Gasteiger partial charge in [-0.05, 0) is 84.5 Å². The molecular weight excluding hydrogens is 443 g/mol. The third kappa shape index (κ3) is 4.96. The number of hydrogen-bond donors (Lipinski definition) is 1. The van der Waals surface area contributed by atoms with E-state index in [0.29, 0.717) is 22.9 Å². The number of nitrogens with one attached hydrogen (secondary N) is 1. The molecule has 1 aliphatic heterocycles. The van der Waals surface area contributed by atoms with Crippen molar-refractivity contribution in [2.75, 3.05) is 19.1 Å².